The third-order valence-electron chi connectivity index (χ3n) is 4.92. The summed E-state index contributed by atoms with van der Waals surface area (Å²) >= 11 is 5.94. The Hall–Kier alpha value is -0.730. The number of rotatable bonds is 4. The fraction of sp³-hybridized carbons (Fsp3) is 0.625. The van der Waals surface area contributed by atoms with Crippen LogP contribution in [0.2, 0.25) is 5.02 Å². The van der Waals surface area contributed by atoms with E-state index in [1.54, 1.807) is 0 Å². The summed E-state index contributed by atoms with van der Waals surface area (Å²) in [5.74, 6) is 0. The van der Waals surface area contributed by atoms with Gasteiger partial charge in [-0.1, -0.05) is 44.4 Å². The number of nitrogens with zero attached hydrogens (tertiary/aromatic N) is 1. The highest BCUT2D eigenvalue weighted by Crippen LogP contribution is 2.38. The Morgan fingerprint density at radius 2 is 1.84 bits per heavy atom. The summed E-state index contributed by atoms with van der Waals surface area (Å²) < 4.78 is 0. The summed E-state index contributed by atoms with van der Waals surface area (Å²) in [6.07, 6.45) is 5.24. The minimum Gasteiger partial charge on any atom is -0.398 e. The van der Waals surface area contributed by atoms with E-state index in [0.29, 0.717) is 5.41 Å². The van der Waals surface area contributed by atoms with E-state index in [1.165, 1.54) is 44.3 Å². The van der Waals surface area contributed by atoms with Crippen LogP contribution in [0.1, 0.15) is 45.1 Å². The van der Waals surface area contributed by atoms with Gasteiger partial charge in [-0.2, -0.15) is 0 Å². The van der Waals surface area contributed by atoms with Crippen LogP contribution in [0.15, 0.2) is 18.2 Å². The van der Waals surface area contributed by atoms with E-state index in [0.717, 1.165) is 17.3 Å². The Labute approximate surface area is 121 Å². The number of halogens is 1. The highest BCUT2D eigenvalue weighted by molar-refractivity contribution is 6.30. The number of piperidine rings is 1. The van der Waals surface area contributed by atoms with Gasteiger partial charge in [0.1, 0.15) is 0 Å². The zero-order valence-electron chi connectivity index (χ0n) is 12.1. The fourth-order valence-corrected chi connectivity index (χ4v) is 3.27. The second-order valence-electron chi connectivity index (χ2n) is 5.83. The molecule has 1 aromatic rings. The molecule has 0 aromatic heterocycles. The van der Waals surface area contributed by atoms with E-state index in [9.17, 15) is 0 Å². The highest BCUT2D eigenvalue weighted by atomic mass is 35.5. The quantitative estimate of drug-likeness (QED) is 0.832. The molecule has 3 heteroatoms. The van der Waals surface area contributed by atoms with Crippen molar-refractivity contribution in [1.29, 1.82) is 0 Å². The summed E-state index contributed by atoms with van der Waals surface area (Å²) in [5.41, 5.74) is 8.63. The maximum absolute atomic E-state index is 6.03. The summed E-state index contributed by atoms with van der Waals surface area (Å²) in [6.45, 7) is 7.98. The van der Waals surface area contributed by atoms with E-state index in [2.05, 4.69) is 24.8 Å². The van der Waals surface area contributed by atoms with Crippen molar-refractivity contribution >= 4 is 17.3 Å². The molecule has 0 atom stereocenters. The van der Waals surface area contributed by atoms with Gasteiger partial charge in [-0.05, 0) is 49.0 Å². The second kappa shape index (κ2) is 6.15. The molecule has 0 unspecified atom stereocenters. The third kappa shape index (κ3) is 3.43. The molecule has 2 rings (SSSR count). The van der Waals surface area contributed by atoms with Crippen LogP contribution in [0.4, 0.5) is 5.69 Å². The first kappa shape index (κ1) is 14.7. The molecule has 1 aromatic carbocycles. The van der Waals surface area contributed by atoms with Crippen LogP contribution in [-0.4, -0.2) is 18.0 Å². The second-order valence-corrected chi connectivity index (χ2v) is 6.26. The number of anilines is 1. The summed E-state index contributed by atoms with van der Waals surface area (Å²) in [7, 11) is 0. The van der Waals surface area contributed by atoms with Crippen LogP contribution in [-0.2, 0) is 6.54 Å². The normalized spacial score (nSPS) is 19.5. The van der Waals surface area contributed by atoms with Crippen LogP contribution in [0, 0.1) is 5.41 Å². The van der Waals surface area contributed by atoms with Gasteiger partial charge in [-0.15, -0.1) is 0 Å². The lowest BCUT2D eigenvalue weighted by atomic mass is 9.74. The molecule has 19 heavy (non-hydrogen) atoms. The van der Waals surface area contributed by atoms with Crippen LogP contribution in [0.5, 0.6) is 0 Å². The molecule has 0 radical (unpaired) electrons. The van der Waals surface area contributed by atoms with Gasteiger partial charge in [0.15, 0.2) is 0 Å². The first-order chi connectivity index (χ1) is 9.08. The maximum Gasteiger partial charge on any atom is 0.0426 e. The van der Waals surface area contributed by atoms with Crippen LogP contribution < -0.4 is 5.73 Å². The third-order valence-corrected chi connectivity index (χ3v) is 5.15. The maximum atomic E-state index is 6.03. The molecule has 1 aliphatic rings. The molecule has 1 aliphatic heterocycles. The van der Waals surface area contributed by atoms with Gasteiger partial charge in [0.2, 0.25) is 0 Å². The monoisotopic (exact) mass is 280 g/mol. The zero-order valence-corrected chi connectivity index (χ0v) is 12.8. The van der Waals surface area contributed by atoms with Crippen molar-refractivity contribution in [3.05, 3.63) is 28.8 Å². The van der Waals surface area contributed by atoms with Gasteiger partial charge >= 0.3 is 0 Å². The van der Waals surface area contributed by atoms with E-state index in [1.807, 2.05) is 12.1 Å². The number of likely N-dealkylation sites (tertiary alicyclic amines) is 1. The number of hydrogen-bond donors (Lipinski definition) is 1. The van der Waals surface area contributed by atoms with Crippen molar-refractivity contribution in [2.24, 2.45) is 5.41 Å². The molecule has 1 heterocycles. The molecular weight excluding hydrogens is 256 g/mol. The summed E-state index contributed by atoms with van der Waals surface area (Å²) in [4.78, 5) is 2.52. The van der Waals surface area contributed by atoms with Crippen molar-refractivity contribution in [2.45, 2.75) is 46.1 Å². The minimum atomic E-state index is 0.585. The van der Waals surface area contributed by atoms with Crippen molar-refractivity contribution in [3.8, 4) is 0 Å². The topological polar surface area (TPSA) is 29.3 Å². The number of nitrogens with two attached hydrogens (primary N) is 1. The lowest BCUT2D eigenvalue weighted by Gasteiger charge is -2.41. The van der Waals surface area contributed by atoms with Gasteiger partial charge < -0.3 is 5.73 Å². The SMILES string of the molecule is CCC1(CC)CCN(Cc2ccc(Cl)cc2N)CC1. The standard InChI is InChI=1S/C16H25ClN2/c1-3-16(4-2)7-9-19(10-8-16)12-13-5-6-14(17)11-15(13)18/h5-6,11H,3-4,7-10,12,18H2,1-2H3. The molecule has 1 fully saturated rings. The number of benzene rings is 1. The van der Waals surface area contributed by atoms with Gasteiger partial charge in [0.25, 0.3) is 0 Å². The lowest BCUT2D eigenvalue weighted by molar-refractivity contribution is 0.0910. The molecule has 0 amide bonds. The Morgan fingerprint density at radius 1 is 1.21 bits per heavy atom. The molecule has 0 bridgehead atoms. The Morgan fingerprint density at radius 3 is 2.37 bits per heavy atom. The molecule has 0 saturated carbocycles. The minimum absolute atomic E-state index is 0.585. The molecule has 0 aliphatic carbocycles. The van der Waals surface area contributed by atoms with Crippen molar-refractivity contribution in [2.75, 3.05) is 18.8 Å². The largest absolute Gasteiger partial charge is 0.398 e. The van der Waals surface area contributed by atoms with Gasteiger partial charge in [0, 0.05) is 17.3 Å². The Kier molecular flexibility index (Phi) is 4.75. The van der Waals surface area contributed by atoms with E-state index < -0.39 is 0 Å². The van der Waals surface area contributed by atoms with Crippen LogP contribution in [0.3, 0.4) is 0 Å². The van der Waals surface area contributed by atoms with E-state index in [-0.39, 0.29) is 0 Å². The van der Waals surface area contributed by atoms with Crippen LogP contribution in [0.25, 0.3) is 0 Å². The summed E-state index contributed by atoms with van der Waals surface area (Å²) in [6, 6.07) is 5.84. The van der Waals surface area contributed by atoms with Crippen molar-refractivity contribution in [1.82, 2.24) is 4.90 Å². The van der Waals surface area contributed by atoms with Crippen molar-refractivity contribution < 1.29 is 0 Å². The lowest BCUT2D eigenvalue weighted by Crippen LogP contribution is -2.39. The van der Waals surface area contributed by atoms with Crippen molar-refractivity contribution in [3.63, 3.8) is 0 Å². The average molecular weight is 281 g/mol. The van der Waals surface area contributed by atoms with E-state index in [4.69, 9.17) is 17.3 Å². The zero-order chi connectivity index (χ0) is 13.9. The first-order valence-corrected chi connectivity index (χ1v) is 7.72. The van der Waals surface area contributed by atoms with Crippen LogP contribution >= 0.6 is 11.6 Å². The first-order valence-electron chi connectivity index (χ1n) is 7.35. The van der Waals surface area contributed by atoms with Gasteiger partial charge in [-0.25, -0.2) is 0 Å². The van der Waals surface area contributed by atoms with Gasteiger partial charge in [-0.3, -0.25) is 4.90 Å². The molecule has 2 N–H and O–H groups in total. The average Bonchev–Trinajstić information content (AvgIpc) is 2.43. The molecule has 106 valence electrons. The fourth-order valence-electron chi connectivity index (χ4n) is 3.09. The highest BCUT2D eigenvalue weighted by Gasteiger charge is 2.31. The predicted octanol–water partition coefficient (Wildman–Crippen LogP) is 4.32. The Balaban J connectivity index is 1.95. The molecule has 1 saturated heterocycles. The number of hydrogen-bond acceptors (Lipinski definition) is 2. The molecule has 2 nitrogen and oxygen atoms in total. The van der Waals surface area contributed by atoms with Gasteiger partial charge in [0.05, 0.1) is 0 Å². The number of nitrogen functional groups attached to an aromatic ring is 1. The van der Waals surface area contributed by atoms with E-state index >= 15 is 0 Å². The smallest absolute Gasteiger partial charge is 0.0426 e. The predicted molar refractivity (Wildman–Crippen MR) is 83.4 cm³/mol. The molecule has 0 spiro atoms. The summed E-state index contributed by atoms with van der Waals surface area (Å²) in [5, 5.41) is 0.718. The molecular formula is C16H25ClN2. The Bertz CT molecular complexity index is 417.